The molecule has 178 valence electrons. The summed E-state index contributed by atoms with van der Waals surface area (Å²) in [5.74, 6) is -1.28. The molecular formula is C21H21F3N2O7. The van der Waals surface area contributed by atoms with E-state index < -0.39 is 34.2 Å². The number of ether oxygens (including phenoxy) is 3. The van der Waals surface area contributed by atoms with Crippen LogP contribution in [0.5, 0.6) is 11.5 Å². The van der Waals surface area contributed by atoms with Crippen LogP contribution in [-0.4, -0.2) is 44.2 Å². The first kappa shape index (κ1) is 25.4. The van der Waals surface area contributed by atoms with Gasteiger partial charge in [0.2, 0.25) is 5.91 Å². The predicted molar refractivity (Wildman–Crippen MR) is 109 cm³/mol. The maximum Gasteiger partial charge on any atom is 0.416 e. The van der Waals surface area contributed by atoms with Crippen molar-refractivity contribution in [2.75, 3.05) is 27.4 Å². The Balaban J connectivity index is 1.91. The van der Waals surface area contributed by atoms with Crippen LogP contribution in [0.25, 0.3) is 0 Å². The number of methoxy groups -OCH3 is 2. The summed E-state index contributed by atoms with van der Waals surface area (Å²) in [6, 6.07) is 6.68. The van der Waals surface area contributed by atoms with Crippen molar-refractivity contribution in [3.8, 4) is 11.5 Å². The van der Waals surface area contributed by atoms with E-state index in [1.807, 2.05) is 0 Å². The average molecular weight is 470 g/mol. The van der Waals surface area contributed by atoms with Gasteiger partial charge < -0.3 is 19.5 Å². The second kappa shape index (κ2) is 11.2. The third-order valence-corrected chi connectivity index (χ3v) is 4.40. The molecular weight excluding hydrogens is 449 g/mol. The lowest BCUT2D eigenvalue weighted by Crippen LogP contribution is -2.27. The van der Waals surface area contributed by atoms with Crippen molar-refractivity contribution in [2.45, 2.75) is 19.0 Å². The number of nitro benzene ring substituents is 1. The minimum atomic E-state index is -4.49. The number of carbonyl (C=O) groups is 2. The molecule has 0 saturated heterocycles. The van der Waals surface area contributed by atoms with Crippen molar-refractivity contribution in [2.24, 2.45) is 0 Å². The van der Waals surface area contributed by atoms with Crippen LogP contribution < -0.4 is 14.8 Å². The molecule has 2 aromatic rings. The second-order valence-electron chi connectivity index (χ2n) is 6.70. The van der Waals surface area contributed by atoms with Crippen LogP contribution in [0.15, 0.2) is 36.4 Å². The number of hydrogen-bond acceptors (Lipinski definition) is 7. The monoisotopic (exact) mass is 470 g/mol. The number of carbonyl (C=O) groups excluding carboxylic acids is 2. The topological polar surface area (TPSA) is 117 Å². The molecule has 0 radical (unpaired) electrons. The van der Waals surface area contributed by atoms with Crippen LogP contribution in [0, 0.1) is 10.1 Å². The summed E-state index contributed by atoms with van der Waals surface area (Å²) in [7, 11) is 2.36. The van der Waals surface area contributed by atoms with E-state index >= 15 is 0 Å². The minimum Gasteiger partial charge on any atom is -0.493 e. The first-order chi connectivity index (χ1) is 15.6. The van der Waals surface area contributed by atoms with Crippen molar-refractivity contribution in [3.05, 3.63) is 63.2 Å². The highest BCUT2D eigenvalue weighted by Crippen LogP contribution is 2.35. The fraction of sp³-hybridized carbons (Fsp3) is 0.333. The lowest BCUT2D eigenvalue weighted by molar-refractivity contribution is -0.385. The number of nitro groups is 1. The maximum absolute atomic E-state index is 12.8. The zero-order chi connectivity index (χ0) is 24.6. The minimum absolute atomic E-state index is 0.0305. The SMILES string of the molecule is COC(=O)c1cc(OCCCNC(=O)Cc2cccc(C(F)(F)F)c2)c(OC)cc1[N+](=O)[O-]. The first-order valence-corrected chi connectivity index (χ1v) is 9.57. The van der Waals surface area contributed by atoms with Gasteiger partial charge in [0, 0.05) is 12.6 Å². The number of nitrogens with one attached hydrogen (secondary N) is 1. The largest absolute Gasteiger partial charge is 0.493 e. The van der Waals surface area contributed by atoms with E-state index in [9.17, 15) is 32.9 Å². The lowest BCUT2D eigenvalue weighted by atomic mass is 10.1. The van der Waals surface area contributed by atoms with Crippen molar-refractivity contribution in [1.82, 2.24) is 5.32 Å². The number of nitrogens with zero attached hydrogens (tertiary/aromatic N) is 1. The fourth-order valence-electron chi connectivity index (χ4n) is 2.83. The molecule has 0 unspecified atom stereocenters. The standard InChI is InChI=1S/C21H21F3N2O7/c1-31-17-12-16(26(29)30)15(20(28)32-2)11-18(17)33-8-4-7-25-19(27)10-13-5-3-6-14(9-13)21(22,23)24/h3,5-6,9,11-12H,4,7-8,10H2,1-2H3,(H,25,27). The smallest absolute Gasteiger partial charge is 0.416 e. The van der Waals surface area contributed by atoms with E-state index in [0.717, 1.165) is 31.4 Å². The average Bonchev–Trinajstić information content (AvgIpc) is 2.77. The molecule has 1 amide bonds. The highest BCUT2D eigenvalue weighted by atomic mass is 19.4. The van der Waals surface area contributed by atoms with Crippen molar-refractivity contribution in [1.29, 1.82) is 0 Å². The van der Waals surface area contributed by atoms with E-state index in [1.165, 1.54) is 19.2 Å². The van der Waals surface area contributed by atoms with E-state index in [4.69, 9.17) is 9.47 Å². The van der Waals surface area contributed by atoms with Crippen LogP contribution in [0.3, 0.4) is 0 Å². The number of rotatable bonds is 10. The van der Waals surface area contributed by atoms with Crippen molar-refractivity contribution >= 4 is 17.6 Å². The number of benzene rings is 2. The normalized spacial score (nSPS) is 10.9. The molecule has 0 spiro atoms. The summed E-state index contributed by atoms with van der Waals surface area (Å²) in [4.78, 5) is 34.3. The Labute approximate surface area is 186 Å². The first-order valence-electron chi connectivity index (χ1n) is 9.57. The third kappa shape index (κ3) is 7.09. The van der Waals surface area contributed by atoms with E-state index in [2.05, 4.69) is 10.1 Å². The van der Waals surface area contributed by atoms with Gasteiger partial charge in [-0.3, -0.25) is 14.9 Å². The van der Waals surface area contributed by atoms with Crippen LogP contribution in [0.1, 0.15) is 27.9 Å². The van der Waals surface area contributed by atoms with Gasteiger partial charge in [-0.05, 0) is 18.1 Å². The van der Waals surface area contributed by atoms with Crippen LogP contribution >= 0.6 is 0 Å². The Morgan fingerprint density at radius 2 is 1.85 bits per heavy atom. The van der Waals surface area contributed by atoms with Crippen molar-refractivity contribution in [3.63, 3.8) is 0 Å². The Kier molecular flexibility index (Phi) is 8.60. The number of halogens is 3. The maximum atomic E-state index is 12.8. The summed E-state index contributed by atoms with van der Waals surface area (Å²) < 4.78 is 53.4. The predicted octanol–water partition coefficient (Wildman–Crippen LogP) is 3.54. The molecule has 12 heteroatoms. The van der Waals surface area contributed by atoms with Gasteiger partial charge in [-0.1, -0.05) is 18.2 Å². The van der Waals surface area contributed by atoms with E-state index in [0.29, 0.717) is 6.42 Å². The lowest BCUT2D eigenvalue weighted by Gasteiger charge is -2.13. The molecule has 0 fully saturated rings. The number of esters is 1. The summed E-state index contributed by atoms with van der Waals surface area (Å²) in [6.45, 7) is 0.218. The van der Waals surface area contributed by atoms with Gasteiger partial charge in [-0.25, -0.2) is 4.79 Å². The van der Waals surface area contributed by atoms with E-state index in [-0.39, 0.29) is 42.2 Å². The molecule has 0 aliphatic rings. The summed E-state index contributed by atoms with van der Waals surface area (Å²) >= 11 is 0. The zero-order valence-corrected chi connectivity index (χ0v) is 17.7. The van der Waals surface area contributed by atoms with Crippen LogP contribution in [-0.2, 0) is 22.1 Å². The van der Waals surface area contributed by atoms with Gasteiger partial charge in [0.15, 0.2) is 11.5 Å². The Hall–Kier alpha value is -3.83. The third-order valence-electron chi connectivity index (χ3n) is 4.40. The Bertz CT molecular complexity index is 1030. The quantitative estimate of drug-likeness (QED) is 0.244. The molecule has 0 heterocycles. The molecule has 0 bridgehead atoms. The fourth-order valence-corrected chi connectivity index (χ4v) is 2.83. The highest BCUT2D eigenvalue weighted by molar-refractivity contribution is 5.95. The van der Waals surface area contributed by atoms with E-state index in [1.54, 1.807) is 0 Å². The van der Waals surface area contributed by atoms with Gasteiger partial charge in [-0.15, -0.1) is 0 Å². The molecule has 0 aliphatic carbocycles. The zero-order valence-electron chi connectivity index (χ0n) is 17.7. The summed E-state index contributed by atoms with van der Waals surface area (Å²) in [5.41, 5.74) is -1.42. The van der Waals surface area contributed by atoms with Crippen LogP contribution in [0.4, 0.5) is 18.9 Å². The summed E-state index contributed by atoms with van der Waals surface area (Å²) in [5, 5.41) is 13.8. The molecule has 2 rings (SSSR count). The Morgan fingerprint density at radius 1 is 1.12 bits per heavy atom. The van der Waals surface area contributed by atoms with Gasteiger partial charge in [0.05, 0.1) is 43.8 Å². The highest BCUT2D eigenvalue weighted by Gasteiger charge is 2.30. The molecule has 0 saturated carbocycles. The second-order valence-corrected chi connectivity index (χ2v) is 6.70. The van der Waals surface area contributed by atoms with Gasteiger partial charge >= 0.3 is 12.1 Å². The molecule has 0 atom stereocenters. The molecule has 33 heavy (non-hydrogen) atoms. The Morgan fingerprint density at radius 3 is 2.45 bits per heavy atom. The van der Waals surface area contributed by atoms with Crippen LogP contribution in [0.2, 0.25) is 0 Å². The van der Waals surface area contributed by atoms with Gasteiger partial charge in [0.25, 0.3) is 5.69 Å². The summed E-state index contributed by atoms with van der Waals surface area (Å²) in [6.07, 6.45) is -4.40. The molecule has 9 nitrogen and oxygen atoms in total. The van der Waals surface area contributed by atoms with Gasteiger partial charge in [0.1, 0.15) is 5.56 Å². The van der Waals surface area contributed by atoms with Crippen molar-refractivity contribution < 1.29 is 41.9 Å². The number of hydrogen-bond donors (Lipinski definition) is 1. The molecule has 0 aliphatic heterocycles. The molecule has 1 N–H and O–H groups in total. The number of amides is 1. The van der Waals surface area contributed by atoms with Gasteiger partial charge in [-0.2, -0.15) is 13.2 Å². The molecule has 2 aromatic carbocycles. The number of alkyl halides is 3. The molecule has 0 aromatic heterocycles.